The fraction of sp³-hybridized carbons (Fsp3) is 0.300. The lowest BCUT2D eigenvalue weighted by molar-refractivity contribution is 0.264. The molecule has 0 aliphatic carbocycles. The number of rotatable bonds is 3. The fourth-order valence-electron chi connectivity index (χ4n) is 1.23. The zero-order chi connectivity index (χ0) is 11.4. The number of benzene rings is 1. The summed E-state index contributed by atoms with van der Waals surface area (Å²) in [6, 6.07) is 4.03. The molecule has 1 aromatic carbocycles. The molecule has 0 fully saturated rings. The number of phenolic OH excluding ortho intramolecular Hbond substituents is 1. The molecule has 0 heterocycles. The van der Waals surface area contributed by atoms with E-state index < -0.39 is 6.04 Å². The standard InChI is InChI=1S/C10H12N2O3/c1-15-9-3-6(4-11)2-7(10(9)14)8(12)5-13/h2-3,8,13-14H,5,12H2,1H3/t8-/m1/s1. The topological polar surface area (TPSA) is 99.5 Å². The normalized spacial score (nSPS) is 11.9. The van der Waals surface area contributed by atoms with Gasteiger partial charge in [0.05, 0.1) is 31.4 Å². The van der Waals surface area contributed by atoms with Gasteiger partial charge in [0, 0.05) is 11.6 Å². The second kappa shape index (κ2) is 4.64. The van der Waals surface area contributed by atoms with Crippen molar-refractivity contribution in [1.82, 2.24) is 0 Å². The highest BCUT2D eigenvalue weighted by atomic mass is 16.5. The number of aliphatic hydroxyl groups excluding tert-OH is 1. The molecule has 0 spiro atoms. The molecule has 0 amide bonds. The zero-order valence-electron chi connectivity index (χ0n) is 8.27. The highest BCUT2D eigenvalue weighted by molar-refractivity contribution is 5.52. The molecule has 15 heavy (non-hydrogen) atoms. The van der Waals surface area contributed by atoms with Crippen LogP contribution in [-0.2, 0) is 0 Å². The van der Waals surface area contributed by atoms with Crippen LogP contribution in [0.25, 0.3) is 0 Å². The maximum absolute atomic E-state index is 9.68. The highest BCUT2D eigenvalue weighted by Gasteiger charge is 2.15. The van der Waals surface area contributed by atoms with Gasteiger partial charge in [-0.3, -0.25) is 0 Å². The Morgan fingerprint density at radius 1 is 1.60 bits per heavy atom. The number of nitrogens with two attached hydrogens (primary N) is 1. The Balaban J connectivity index is 3.31. The Kier molecular flexibility index (Phi) is 3.50. The number of methoxy groups -OCH3 is 1. The molecule has 4 N–H and O–H groups in total. The van der Waals surface area contributed by atoms with Gasteiger partial charge in [-0.15, -0.1) is 0 Å². The molecule has 0 aromatic heterocycles. The quantitative estimate of drug-likeness (QED) is 0.661. The first kappa shape index (κ1) is 11.3. The molecule has 0 aliphatic heterocycles. The summed E-state index contributed by atoms with van der Waals surface area (Å²) in [6.07, 6.45) is 0. The summed E-state index contributed by atoms with van der Waals surface area (Å²) in [5.41, 5.74) is 6.19. The van der Waals surface area contributed by atoms with Crippen LogP contribution in [0.4, 0.5) is 0 Å². The van der Waals surface area contributed by atoms with E-state index in [9.17, 15) is 5.11 Å². The van der Waals surface area contributed by atoms with Gasteiger partial charge in [0.2, 0.25) is 0 Å². The van der Waals surface area contributed by atoms with E-state index in [4.69, 9.17) is 20.8 Å². The minimum Gasteiger partial charge on any atom is -0.504 e. The van der Waals surface area contributed by atoms with Crippen LogP contribution in [0.1, 0.15) is 17.2 Å². The van der Waals surface area contributed by atoms with Crippen LogP contribution in [-0.4, -0.2) is 23.9 Å². The van der Waals surface area contributed by atoms with E-state index in [2.05, 4.69) is 0 Å². The molecular weight excluding hydrogens is 196 g/mol. The van der Waals surface area contributed by atoms with E-state index in [-0.39, 0.29) is 18.1 Å². The maximum atomic E-state index is 9.68. The van der Waals surface area contributed by atoms with Gasteiger partial charge in [0.25, 0.3) is 0 Å². The second-order valence-corrected chi connectivity index (χ2v) is 3.02. The molecule has 0 saturated carbocycles. The van der Waals surface area contributed by atoms with E-state index in [0.29, 0.717) is 11.1 Å². The summed E-state index contributed by atoms with van der Waals surface area (Å²) in [5, 5.41) is 27.3. The SMILES string of the molecule is COc1cc(C#N)cc([C@H](N)CO)c1O. The average molecular weight is 208 g/mol. The Morgan fingerprint density at radius 2 is 2.27 bits per heavy atom. The number of aliphatic hydroxyl groups is 1. The van der Waals surface area contributed by atoms with Crippen LogP contribution < -0.4 is 10.5 Å². The van der Waals surface area contributed by atoms with Crippen LogP contribution in [0.2, 0.25) is 0 Å². The number of hydrogen-bond acceptors (Lipinski definition) is 5. The smallest absolute Gasteiger partial charge is 0.162 e. The number of ether oxygens (including phenoxy) is 1. The number of phenols is 1. The van der Waals surface area contributed by atoms with Crippen molar-refractivity contribution in [3.05, 3.63) is 23.3 Å². The molecule has 1 atom stereocenters. The summed E-state index contributed by atoms with van der Waals surface area (Å²) in [4.78, 5) is 0. The lowest BCUT2D eigenvalue weighted by Crippen LogP contribution is -2.15. The lowest BCUT2D eigenvalue weighted by atomic mass is 10.0. The molecule has 0 radical (unpaired) electrons. The van der Waals surface area contributed by atoms with E-state index in [1.165, 1.54) is 19.2 Å². The summed E-state index contributed by atoms with van der Waals surface area (Å²) in [5.74, 6) is 0.0333. The van der Waals surface area contributed by atoms with E-state index in [0.717, 1.165) is 0 Å². The Bertz CT molecular complexity index is 398. The molecule has 0 saturated heterocycles. The minimum absolute atomic E-state index is 0.141. The largest absolute Gasteiger partial charge is 0.504 e. The first-order valence-electron chi connectivity index (χ1n) is 4.31. The van der Waals surface area contributed by atoms with Crippen LogP contribution >= 0.6 is 0 Å². The van der Waals surface area contributed by atoms with E-state index in [1.54, 1.807) is 0 Å². The molecule has 80 valence electrons. The summed E-state index contributed by atoms with van der Waals surface area (Å²) >= 11 is 0. The highest BCUT2D eigenvalue weighted by Crippen LogP contribution is 2.34. The molecule has 0 bridgehead atoms. The summed E-state index contributed by atoms with van der Waals surface area (Å²) < 4.78 is 4.88. The molecular formula is C10H12N2O3. The Morgan fingerprint density at radius 3 is 2.73 bits per heavy atom. The van der Waals surface area contributed by atoms with Crippen molar-refractivity contribution in [2.45, 2.75) is 6.04 Å². The average Bonchev–Trinajstić information content (AvgIpc) is 2.28. The van der Waals surface area contributed by atoms with Gasteiger partial charge in [-0.1, -0.05) is 0 Å². The third-order valence-corrected chi connectivity index (χ3v) is 2.05. The van der Waals surface area contributed by atoms with Gasteiger partial charge in [0.15, 0.2) is 11.5 Å². The van der Waals surface area contributed by atoms with E-state index in [1.807, 2.05) is 6.07 Å². The van der Waals surface area contributed by atoms with Crippen molar-refractivity contribution >= 4 is 0 Å². The minimum atomic E-state index is -0.729. The van der Waals surface area contributed by atoms with Crippen molar-refractivity contribution in [2.75, 3.05) is 13.7 Å². The van der Waals surface area contributed by atoms with Crippen molar-refractivity contribution in [3.63, 3.8) is 0 Å². The number of nitriles is 1. The lowest BCUT2D eigenvalue weighted by Gasteiger charge is -2.13. The Labute approximate surface area is 87.3 Å². The van der Waals surface area contributed by atoms with Gasteiger partial charge < -0.3 is 20.7 Å². The first-order valence-corrected chi connectivity index (χ1v) is 4.31. The second-order valence-electron chi connectivity index (χ2n) is 3.02. The van der Waals surface area contributed by atoms with Crippen LogP contribution in [0, 0.1) is 11.3 Å². The van der Waals surface area contributed by atoms with Crippen LogP contribution in [0.5, 0.6) is 11.5 Å². The van der Waals surface area contributed by atoms with Gasteiger partial charge in [0.1, 0.15) is 0 Å². The van der Waals surface area contributed by atoms with Gasteiger partial charge in [-0.25, -0.2) is 0 Å². The molecule has 0 aliphatic rings. The zero-order valence-corrected chi connectivity index (χ0v) is 8.27. The molecule has 1 aromatic rings. The molecule has 5 heteroatoms. The number of aromatic hydroxyl groups is 1. The fourth-order valence-corrected chi connectivity index (χ4v) is 1.23. The third kappa shape index (κ3) is 2.18. The monoisotopic (exact) mass is 208 g/mol. The van der Waals surface area contributed by atoms with Gasteiger partial charge in [-0.2, -0.15) is 5.26 Å². The van der Waals surface area contributed by atoms with Crippen molar-refractivity contribution in [1.29, 1.82) is 5.26 Å². The third-order valence-electron chi connectivity index (χ3n) is 2.05. The molecule has 5 nitrogen and oxygen atoms in total. The van der Waals surface area contributed by atoms with Crippen molar-refractivity contribution < 1.29 is 14.9 Å². The molecule has 1 rings (SSSR count). The van der Waals surface area contributed by atoms with Crippen molar-refractivity contribution in [2.24, 2.45) is 5.73 Å². The van der Waals surface area contributed by atoms with Crippen LogP contribution in [0.15, 0.2) is 12.1 Å². The number of hydrogen-bond donors (Lipinski definition) is 3. The predicted octanol–water partition coefficient (Wildman–Crippen LogP) is 0.265. The first-order chi connectivity index (χ1) is 7.13. The maximum Gasteiger partial charge on any atom is 0.162 e. The summed E-state index contributed by atoms with van der Waals surface area (Å²) in [7, 11) is 1.38. The summed E-state index contributed by atoms with van der Waals surface area (Å²) in [6.45, 7) is -0.314. The van der Waals surface area contributed by atoms with E-state index >= 15 is 0 Å². The van der Waals surface area contributed by atoms with Crippen molar-refractivity contribution in [3.8, 4) is 17.6 Å². The van der Waals surface area contributed by atoms with Gasteiger partial charge in [-0.05, 0) is 6.07 Å². The van der Waals surface area contributed by atoms with Gasteiger partial charge >= 0.3 is 0 Å². The number of nitrogens with zero attached hydrogens (tertiary/aromatic N) is 1. The predicted molar refractivity (Wildman–Crippen MR) is 53.4 cm³/mol. The molecule has 0 unspecified atom stereocenters. The van der Waals surface area contributed by atoms with Crippen LogP contribution in [0.3, 0.4) is 0 Å². The Hall–Kier alpha value is -1.77.